The number of amides is 2. The van der Waals surface area contributed by atoms with Crippen molar-refractivity contribution in [2.75, 3.05) is 11.9 Å². The zero-order valence-corrected chi connectivity index (χ0v) is 16.7. The number of ether oxygens (including phenoxy) is 1. The lowest BCUT2D eigenvalue weighted by molar-refractivity contribution is 0.0938. The summed E-state index contributed by atoms with van der Waals surface area (Å²) in [5.74, 6) is 0.278. The van der Waals surface area contributed by atoms with E-state index in [0.29, 0.717) is 33.6 Å². The van der Waals surface area contributed by atoms with Gasteiger partial charge in [0.05, 0.1) is 11.1 Å². The number of anilines is 1. The molecule has 0 aliphatic carbocycles. The summed E-state index contributed by atoms with van der Waals surface area (Å²) < 4.78 is 6.17. The predicted octanol–water partition coefficient (Wildman–Crippen LogP) is 4.63. The monoisotopic (exact) mass is 418 g/mol. The average Bonchev–Trinajstić information content (AvgIpc) is 2.63. The molecule has 1 atom stereocenters. The minimum absolute atomic E-state index is 0.0990. The molecule has 0 aromatic heterocycles. The van der Waals surface area contributed by atoms with Gasteiger partial charge in [0.15, 0.2) is 0 Å². The molecule has 2 rings (SSSR count). The number of hydrogen-bond donors (Lipinski definition) is 2. The van der Waals surface area contributed by atoms with Gasteiger partial charge in [-0.3, -0.25) is 9.59 Å². The third kappa shape index (κ3) is 5.33. The van der Waals surface area contributed by atoms with Crippen molar-refractivity contribution in [1.82, 2.24) is 5.32 Å². The number of hydrogen-bond acceptors (Lipinski definition) is 3. The minimum Gasteiger partial charge on any atom is -0.493 e. The maximum atomic E-state index is 12.5. The Morgan fingerprint density at radius 2 is 1.81 bits per heavy atom. The Balaban J connectivity index is 2.11. The van der Waals surface area contributed by atoms with Gasteiger partial charge in [-0.25, -0.2) is 0 Å². The van der Waals surface area contributed by atoms with Crippen molar-refractivity contribution >= 4 is 33.4 Å². The Kier molecular flexibility index (Phi) is 7.21. The predicted molar refractivity (Wildman–Crippen MR) is 107 cm³/mol. The highest BCUT2D eigenvalue weighted by atomic mass is 79.9. The Morgan fingerprint density at radius 1 is 1.08 bits per heavy atom. The lowest BCUT2D eigenvalue weighted by Gasteiger charge is -2.12. The molecule has 0 aliphatic rings. The first-order chi connectivity index (χ1) is 12.4. The SMILES string of the molecule is CCOc1ccc(C(=O)Nc2cccc(C(=O)NC(C)CC)c2)cc1Br. The van der Waals surface area contributed by atoms with Crippen LogP contribution in [-0.4, -0.2) is 24.5 Å². The zero-order chi connectivity index (χ0) is 19.1. The summed E-state index contributed by atoms with van der Waals surface area (Å²) >= 11 is 3.40. The van der Waals surface area contributed by atoms with E-state index in [1.807, 2.05) is 20.8 Å². The van der Waals surface area contributed by atoms with E-state index in [1.165, 1.54) is 0 Å². The molecule has 138 valence electrons. The van der Waals surface area contributed by atoms with Crippen LogP contribution in [0.3, 0.4) is 0 Å². The van der Waals surface area contributed by atoms with Gasteiger partial charge < -0.3 is 15.4 Å². The van der Waals surface area contributed by atoms with Gasteiger partial charge in [-0.15, -0.1) is 0 Å². The molecule has 0 saturated carbocycles. The first-order valence-corrected chi connectivity index (χ1v) is 9.38. The molecular weight excluding hydrogens is 396 g/mol. The van der Waals surface area contributed by atoms with Gasteiger partial charge in [0, 0.05) is 22.9 Å². The van der Waals surface area contributed by atoms with Crippen molar-refractivity contribution < 1.29 is 14.3 Å². The van der Waals surface area contributed by atoms with Gasteiger partial charge in [0.2, 0.25) is 0 Å². The molecule has 6 heteroatoms. The van der Waals surface area contributed by atoms with Crippen molar-refractivity contribution in [1.29, 1.82) is 0 Å². The molecule has 26 heavy (non-hydrogen) atoms. The third-order valence-corrected chi connectivity index (χ3v) is 4.49. The highest BCUT2D eigenvalue weighted by molar-refractivity contribution is 9.10. The Hall–Kier alpha value is -2.34. The van der Waals surface area contributed by atoms with Gasteiger partial charge in [-0.05, 0) is 72.6 Å². The summed E-state index contributed by atoms with van der Waals surface area (Å²) in [5.41, 5.74) is 1.57. The number of nitrogens with one attached hydrogen (secondary N) is 2. The number of carbonyl (C=O) groups is 2. The van der Waals surface area contributed by atoms with Gasteiger partial charge >= 0.3 is 0 Å². The highest BCUT2D eigenvalue weighted by Crippen LogP contribution is 2.26. The second-order valence-electron chi connectivity index (χ2n) is 5.90. The minimum atomic E-state index is -0.256. The summed E-state index contributed by atoms with van der Waals surface area (Å²) in [6.45, 7) is 6.41. The fourth-order valence-electron chi connectivity index (χ4n) is 2.27. The van der Waals surface area contributed by atoms with E-state index in [4.69, 9.17) is 4.74 Å². The topological polar surface area (TPSA) is 67.4 Å². The van der Waals surface area contributed by atoms with Crippen LogP contribution < -0.4 is 15.4 Å². The fraction of sp³-hybridized carbons (Fsp3) is 0.300. The summed E-state index contributed by atoms with van der Waals surface area (Å²) in [4.78, 5) is 24.7. The first kappa shape index (κ1) is 20.0. The zero-order valence-electron chi connectivity index (χ0n) is 15.1. The summed E-state index contributed by atoms with van der Waals surface area (Å²) in [5, 5.41) is 5.73. The molecule has 0 fully saturated rings. The Bertz CT molecular complexity index is 792. The Morgan fingerprint density at radius 3 is 2.46 bits per heavy atom. The molecule has 2 aromatic rings. The van der Waals surface area contributed by atoms with Gasteiger partial charge in [-0.1, -0.05) is 13.0 Å². The fourth-order valence-corrected chi connectivity index (χ4v) is 2.76. The maximum absolute atomic E-state index is 12.5. The van der Waals surface area contributed by atoms with Crippen LogP contribution in [0, 0.1) is 0 Å². The smallest absolute Gasteiger partial charge is 0.255 e. The van der Waals surface area contributed by atoms with Crippen molar-refractivity contribution in [3.05, 3.63) is 58.1 Å². The number of carbonyl (C=O) groups excluding carboxylic acids is 2. The van der Waals surface area contributed by atoms with Gasteiger partial charge in [0.25, 0.3) is 11.8 Å². The van der Waals surface area contributed by atoms with E-state index >= 15 is 0 Å². The average molecular weight is 419 g/mol. The van der Waals surface area contributed by atoms with E-state index in [2.05, 4.69) is 26.6 Å². The van der Waals surface area contributed by atoms with Crippen LogP contribution in [0.2, 0.25) is 0 Å². The standard InChI is InChI=1S/C20H23BrN2O3/c1-4-13(3)22-19(24)14-7-6-8-16(11-14)23-20(25)15-9-10-18(26-5-2)17(21)12-15/h6-13H,4-5H2,1-3H3,(H,22,24)(H,23,25). The van der Waals surface area contributed by atoms with Gasteiger partial charge in [0.1, 0.15) is 5.75 Å². The van der Waals surface area contributed by atoms with Crippen molar-refractivity contribution in [3.8, 4) is 5.75 Å². The second-order valence-corrected chi connectivity index (χ2v) is 6.75. The molecule has 5 nitrogen and oxygen atoms in total. The number of rotatable bonds is 7. The van der Waals surface area contributed by atoms with E-state index in [9.17, 15) is 9.59 Å². The number of benzene rings is 2. The van der Waals surface area contributed by atoms with E-state index in [0.717, 1.165) is 6.42 Å². The van der Waals surface area contributed by atoms with Crippen LogP contribution in [0.1, 0.15) is 47.9 Å². The molecule has 0 radical (unpaired) electrons. The second kappa shape index (κ2) is 9.38. The van der Waals surface area contributed by atoms with Gasteiger partial charge in [-0.2, -0.15) is 0 Å². The molecule has 0 spiro atoms. The highest BCUT2D eigenvalue weighted by Gasteiger charge is 2.12. The molecule has 2 amide bonds. The molecular formula is C20H23BrN2O3. The molecule has 2 aromatic carbocycles. The van der Waals surface area contributed by atoms with Crippen LogP contribution in [0.15, 0.2) is 46.9 Å². The van der Waals surface area contributed by atoms with Crippen LogP contribution in [0.4, 0.5) is 5.69 Å². The third-order valence-electron chi connectivity index (χ3n) is 3.87. The molecule has 1 unspecified atom stereocenters. The quantitative estimate of drug-likeness (QED) is 0.688. The van der Waals surface area contributed by atoms with Crippen LogP contribution in [0.25, 0.3) is 0 Å². The molecule has 0 aliphatic heterocycles. The maximum Gasteiger partial charge on any atom is 0.255 e. The summed E-state index contributed by atoms with van der Waals surface area (Å²) in [6.07, 6.45) is 0.856. The van der Waals surface area contributed by atoms with E-state index in [1.54, 1.807) is 42.5 Å². The molecule has 0 bridgehead atoms. The molecule has 2 N–H and O–H groups in total. The summed E-state index contributed by atoms with van der Waals surface area (Å²) in [6, 6.07) is 12.1. The lowest BCUT2D eigenvalue weighted by Crippen LogP contribution is -2.31. The summed E-state index contributed by atoms with van der Waals surface area (Å²) in [7, 11) is 0. The van der Waals surface area contributed by atoms with Crippen molar-refractivity contribution in [3.63, 3.8) is 0 Å². The normalized spacial score (nSPS) is 11.5. The lowest BCUT2D eigenvalue weighted by atomic mass is 10.1. The first-order valence-electron chi connectivity index (χ1n) is 8.59. The van der Waals surface area contributed by atoms with Crippen molar-refractivity contribution in [2.45, 2.75) is 33.2 Å². The molecule has 0 saturated heterocycles. The van der Waals surface area contributed by atoms with Crippen LogP contribution in [0.5, 0.6) is 5.75 Å². The largest absolute Gasteiger partial charge is 0.493 e. The Labute approximate surface area is 162 Å². The molecule has 0 heterocycles. The van der Waals surface area contributed by atoms with Crippen LogP contribution in [-0.2, 0) is 0 Å². The van der Waals surface area contributed by atoms with E-state index < -0.39 is 0 Å². The van der Waals surface area contributed by atoms with E-state index in [-0.39, 0.29) is 17.9 Å². The van der Waals surface area contributed by atoms with Crippen molar-refractivity contribution in [2.24, 2.45) is 0 Å². The number of halogens is 1. The van der Waals surface area contributed by atoms with Crippen LogP contribution >= 0.6 is 15.9 Å².